The molecule has 1 saturated carbocycles. The van der Waals surface area contributed by atoms with Crippen molar-refractivity contribution in [2.75, 3.05) is 18.4 Å². The van der Waals surface area contributed by atoms with Crippen LogP contribution in [0.15, 0.2) is 24.3 Å². The number of anilines is 1. The van der Waals surface area contributed by atoms with Gasteiger partial charge in [-0.3, -0.25) is 9.59 Å². The van der Waals surface area contributed by atoms with Gasteiger partial charge in [0.2, 0.25) is 11.8 Å². The number of nitrogens with one attached hydrogen (secondary N) is 1. The molecule has 1 atom stereocenters. The Kier molecular flexibility index (Phi) is 6.30. The maximum atomic E-state index is 13.8. The fourth-order valence-corrected chi connectivity index (χ4v) is 4.42. The lowest BCUT2D eigenvalue weighted by Gasteiger charge is -2.37. The summed E-state index contributed by atoms with van der Waals surface area (Å²) in [4.78, 5) is 36.5. The summed E-state index contributed by atoms with van der Waals surface area (Å²) < 4.78 is 13.8. The van der Waals surface area contributed by atoms with Crippen LogP contribution < -0.4 is 5.32 Å². The minimum Gasteiger partial charge on any atom is -0.342 e. The summed E-state index contributed by atoms with van der Waals surface area (Å²) in [5, 5.41) is 2.62. The highest BCUT2D eigenvalue weighted by Gasteiger charge is 2.33. The molecule has 1 N–H and O–H groups in total. The van der Waals surface area contributed by atoms with Crippen LogP contribution in [0, 0.1) is 25.6 Å². The van der Waals surface area contributed by atoms with E-state index in [1.807, 2.05) is 18.7 Å². The Morgan fingerprint density at radius 3 is 2.45 bits per heavy atom. The van der Waals surface area contributed by atoms with E-state index in [0.717, 1.165) is 61.4 Å². The summed E-state index contributed by atoms with van der Waals surface area (Å²) in [5.74, 6) is 0.594. The Bertz CT molecular complexity index is 966. The first-order valence-electron chi connectivity index (χ1n) is 11.1. The number of aryl methyl sites for hydroxylation is 2. The first kappa shape index (κ1) is 21.4. The molecule has 0 radical (unpaired) electrons. The maximum Gasteiger partial charge on any atom is 0.229 e. The quantitative estimate of drug-likeness (QED) is 0.789. The van der Waals surface area contributed by atoms with E-state index in [0.29, 0.717) is 6.54 Å². The van der Waals surface area contributed by atoms with Gasteiger partial charge in [-0.15, -0.1) is 0 Å². The van der Waals surface area contributed by atoms with Gasteiger partial charge in [-0.2, -0.15) is 0 Å². The van der Waals surface area contributed by atoms with Gasteiger partial charge in [0.25, 0.3) is 0 Å². The highest BCUT2D eigenvalue weighted by Crippen LogP contribution is 2.32. The predicted molar refractivity (Wildman–Crippen MR) is 116 cm³/mol. The SMILES string of the molecule is Cc1nc(C2CCCN(C(=O)C3CCC3)C2)nc(C)c1CC(=O)Nc1ccccc1F. The number of carbonyl (C=O) groups is 2. The Balaban J connectivity index is 1.44. The summed E-state index contributed by atoms with van der Waals surface area (Å²) in [5.41, 5.74) is 2.44. The third-order valence-corrected chi connectivity index (χ3v) is 6.48. The minimum absolute atomic E-state index is 0.0865. The van der Waals surface area contributed by atoms with Crippen molar-refractivity contribution in [3.63, 3.8) is 0 Å². The van der Waals surface area contributed by atoms with Crippen molar-refractivity contribution >= 4 is 17.5 Å². The summed E-state index contributed by atoms with van der Waals surface area (Å²) in [6.45, 7) is 5.24. The van der Waals surface area contributed by atoms with E-state index in [-0.39, 0.29) is 35.8 Å². The van der Waals surface area contributed by atoms with Crippen molar-refractivity contribution in [2.24, 2.45) is 5.92 Å². The van der Waals surface area contributed by atoms with E-state index in [1.54, 1.807) is 12.1 Å². The van der Waals surface area contributed by atoms with Gasteiger partial charge in [0.15, 0.2) is 0 Å². The molecule has 2 aromatic rings. The van der Waals surface area contributed by atoms with E-state index >= 15 is 0 Å². The van der Waals surface area contributed by atoms with Crippen molar-refractivity contribution in [2.45, 2.75) is 58.3 Å². The number of hydrogen-bond donors (Lipinski definition) is 1. The topological polar surface area (TPSA) is 75.2 Å². The fourth-order valence-electron chi connectivity index (χ4n) is 4.42. The smallest absolute Gasteiger partial charge is 0.229 e. The molecule has 1 aliphatic carbocycles. The molecule has 31 heavy (non-hydrogen) atoms. The normalized spacial score (nSPS) is 19.1. The van der Waals surface area contributed by atoms with Crippen LogP contribution in [0.5, 0.6) is 0 Å². The number of amides is 2. The monoisotopic (exact) mass is 424 g/mol. The molecule has 164 valence electrons. The van der Waals surface area contributed by atoms with E-state index in [2.05, 4.69) is 5.32 Å². The first-order valence-corrected chi connectivity index (χ1v) is 11.1. The highest BCUT2D eigenvalue weighted by molar-refractivity contribution is 5.92. The molecule has 1 aromatic carbocycles. The number of nitrogens with zero attached hydrogens (tertiary/aromatic N) is 3. The number of piperidine rings is 1. The second kappa shape index (κ2) is 9.12. The molecule has 1 unspecified atom stereocenters. The molecule has 2 heterocycles. The van der Waals surface area contributed by atoms with E-state index < -0.39 is 5.82 Å². The molecule has 0 spiro atoms. The lowest BCUT2D eigenvalue weighted by Crippen LogP contribution is -2.44. The number of benzene rings is 1. The number of halogens is 1. The van der Waals surface area contributed by atoms with E-state index in [1.165, 1.54) is 12.1 Å². The van der Waals surface area contributed by atoms with Gasteiger partial charge in [-0.1, -0.05) is 18.6 Å². The van der Waals surface area contributed by atoms with Crippen LogP contribution in [0.2, 0.25) is 0 Å². The zero-order valence-corrected chi connectivity index (χ0v) is 18.2. The van der Waals surface area contributed by atoms with E-state index in [9.17, 15) is 14.0 Å². The van der Waals surface area contributed by atoms with Crippen LogP contribution in [0.4, 0.5) is 10.1 Å². The number of rotatable bonds is 5. The Morgan fingerprint density at radius 2 is 1.81 bits per heavy atom. The van der Waals surface area contributed by atoms with Crippen molar-refractivity contribution in [1.82, 2.24) is 14.9 Å². The second-order valence-corrected chi connectivity index (χ2v) is 8.69. The molecule has 0 bridgehead atoms. The van der Waals surface area contributed by atoms with Crippen molar-refractivity contribution in [3.8, 4) is 0 Å². The first-order chi connectivity index (χ1) is 14.9. The standard InChI is InChI=1S/C24H29FN4O2/c1-15-19(13-22(30)28-21-11-4-3-10-20(21)25)16(2)27-23(26-15)18-9-6-12-29(14-18)24(31)17-7-5-8-17/h3-4,10-11,17-18H,5-9,12-14H2,1-2H3,(H,28,30). The highest BCUT2D eigenvalue weighted by atomic mass is 19.1. The molecule has 1 aromatic heterocycles. The number of aromatic nitrogens is 2. The summed E-state index contributed by atoms with van der Waals surface area (Å²) >= 11 is 0. The lowest BCUT2D eigenvalue weighted by molar-refractivity contribution is -0.139. The number of carbonyl (C=O) groups excluding carboxylic acids is 2. The molecule has 2 amide bonds. The molecule has 4 rings (SSSR count). The van der Waals surface area contributed by atoms with Gasteiger partial charge < -0.3 is 10.2 Å². The van der Waals surface area contributed by atoms with Gasteiger partial charge in [0.1, 0.15) is 11.6 Å². The molecule has 1 aliphatic heterocycles. The van der Waals surface area contributed by atoms with Gasteiger partial charge >= 0.3 is 0 Å². The van der Waals surface area contributed by atoms with Crippen LogP contribution in [0.25, 0.3) is 0 Å². The van der Waals surface area contributed by atoms with Crippen molar-refractivity contribution in [3.05, 3.63) is 52.9 Å². The number of hydrogen-bond acceptors (Lipinski definition) is 4. The summed E-state index contributed by atoms with van der Waals surface area (Å²) in [6.07, 6.45) is 5.18. The zero-order valence-electron chi connectivity index (χ0n) is 18.2. The number of likely N-dealkylation sites (tertiary alicyclic amines) is 1. The summed E-state index contributed by atoms with van der Waals surface area (Å²) in [6, 6.07) is 6.10. The maximum absolute atomic E-state index is 13.8. The molecule has 2 fully saturated rings. The number of para-hydroxylation sites is 1. The molecule has 1 saturated heterocycles. The molecule has 6 nitrogen and oxygen atoms in total. The van der Waals surface area contributed by atoms with Gasteiger partial charge in [0, 0.05) is 41.9 Å². The predicted octanol–water partition coefficient (Wildman–Crippen LogP) is 3.92. The van der Waals surface area contributed by atoms with Crippen molar-refractivity contribution in [1.29, 1.82) is 0 Å². The van der Waals surface area contributed by atoms with Gasteiger partial charge in [0.05, 0.1) is 12.1 Å². The van der Waals surface area contributed by atoms with Gasteiger partial charge in [-0.05, 0) is 51.7 Å². The summed E-state index contributed by atoms with van der Waals surface area (Å²) in [7, 11) is 0. The zero-order chi connectivity index (χ0) is 22.0. The lowest BCUT2D eigenvalue weighted by atomic mass is 9.83. The van der Waals surface area contributed by atoms with Gasteiger partial charge in [-0.25, -0.2) is 14.4 Å². The van der Waals surface area contributed by atoms with Crippen LogP contribution >= 0.6 is 0 Å². The Hall–Kier alpha value is -2.83. The largest absolute Gasteiger partial charge is 0.342 e. The third kappa shape index (κ3) is 4.75. The minimum atomic E-state index is -0.464. The Morgan fingerprint density at radius 1 is 1.10 bits per heavy atom. The average molecular weight is 425 g/mol. The molecule has 2 aliphatic rings. The molecular formula is C24H29FN4O2. The van der Waals surface area contributed by atoms with Crippen LogP contribution in [0.1, 0.15) is 60.8 Å². The van der Waals surface area contributed by atoms with Crippen LogP contribution in [-0.4, -0.2) is 39.8 Å². The van der Waals surface area contributed by atoms with Crippen LogP contribution in [0.3, 0.4) is 0 Å². The Labute approximate surface area is 182 Å². The van der Waals surface area contributed by atoms with E-state index in [4.69, 9.17) is 9.97 Å². The van der Waals surface area contributed by atoms with Crippen molar-refractivity contribution < 1.29 is 14.0 Å². The molecule has 7 heteroatoms. The van der Waals surface area contributed by atoms with Crippen LogP contribution in [-0.2, 0) is 16.0 Å². The third-order valence-electron chi connectivity index (χ3n) is 6.48. The fraction of sp³-hybridized carbons (Fsp3) is 0.500. The average Bonchev–Trinajstić information content (AvgIpc) is 2.71. The second-order valence-electron chi connectivity index (χ2n) is 8.69. The molecular weight excluding hydrogens is 395 g/mol.